The Kier molecular flexibility index (Phi) is 2.63. The zero-order valence-corrected chi connectivity index (χ0v) is 8.77. The Morgan fingerprint density at radius 3 is 2.67 bits per heavy atom. The van der Waals surface area contributed by atoms with Gasteiger partial charge in [0.25, 0.3) is 0 Å². The third kappa shape index (κ3) is 2.13. The summed E-state index contributed by atoms with van der Waals surface area (Å²) < 4.78 is 5.06. The highest BCUT2D eigenvalue weighted by atomic mass is 16.5. The molecule has 0 aromatic carbocycles. The zero-order chi connectivity index (χ0) is 10.7. The van der Waals surface area contributed by atoms with Crippen LogP contribution in [0.15, 0.2) is 36.7 Å². The topological polar surface area (TPSA) is 35.0 Å². The lowest BCUT2D eigenvalue weighted by atomic mass is 10.1. The van der Waals surface area contributed by atoms with E-state index in [-0.39, 0.29) is 0 Å². The van der Waals surface area contributed by atoms with E-state index in [0.29, 0.717) is 5.88 Å². The Hall–Kier alpha value is -1.90. The summed E-state index contributed by atoms with van der Waals surface area (Å²) in [5.41, 5.74) is 3.10. The molecular formula is C12H12N2O. The van der Waals surface area contributed by atoms with E-state index < -0.39 is 0 Å². The quantitative estimate of drug-likeness (QED) is 0.747. The number of aromatic nitrogens is 2. The van der Waals surface area contributed by atoms with E-state index in [1.165, 1.54) is 0 Å². The smallest absolute Gasteiger partial charge is 0.213 e. The molecule has 0 spiro atoms. The molecule has 76 valence electrons. The van der Waals surface area contributed by atoms with Crippen molar-refractivity contribution in [1.82, 2.24) is 9.97 Å². The number of methoxy groups -OCH3 is 1. The Morgan fingerprint density at radius 2 is 2.00 bits per heavy atom. The lowest BCUT2D eigenvalue weighted by molar-refractivity contribution is 0.398. The van der Waals surface area contributed by atoms with Crippen molar-refractivity contribution in [3.63, 3.8) is 0 Å². The molecule has 0 radical (unpaired) electrons. The predicted octanol–water partition coefficient (Wildman–Crippen LogP) is 2.46. The molecule has 0 aliphatic carbocycles. The minimum atomic E-state index is 0.606. The van der Waals surface area contributed by atoms with Crippen molar-refractivity contribution in [1.29, 1.82) is 0 Å². The number of hydrogen-bond acceptors (Lipinski definition) is 3. The number of nitrogens with zero attached hydrogens (tertiary/aromatic N) is 2. The molecule has 2 rings (SSSR count). The fourth-order valence-corrected chi connectivity index (χ4v) is 1.32. The maximum atomic E-state index is 5.06. The van der Waals surface area contributed by atoms with Crippen LogP contribution in [0.25, 0.3) is 11.3 Å². The molecule has 0 aliphatic heterocycles. The largest absolute Gasteiger partial charge is 0.481 e. The van der Waals surface area contributed by atoms with Gasteiger partial charge in [0.2, 0.25) is 5.88 Å². The number of hydrogen-bond donors (Lipinski definition) is 0. The van der Waals surface area contributed by atoms with Gasteiger partial charge >= 0.3 is 0 Å². The van der Waals surface area contributed by atoms with Gasteiger partial charge < -0.3 is 4.74 Å². The highest BCUT2D eigenvalue weighted by molar-refractivity contribution is 5.59. The van der Waals surface area contributed by atoms with Crippen LogP contribution in [0.4, 0.5) is 0 Å². The second-order valence-corrected chi connectivity index (χ2v) is 3.31. The molecule has 0 saturated heterocycles. The number of pyridine rings is 2. The van der Waals surface area contributed by atoms with Gasteiger partial charge in [-0.25, -0.2) is 4.98 Å². The third-order valence-corrected chi connectivity index (χ3v) is 2.15. The van der Waals surface area contributed by atoms with Gasteiger partial charge in [-0.3, -0.25) is 4.98 Å². The highest BCUT2D eigenvalue weighted by Crippen LogP contribution is 2.19. The Morgan fingerprint density at radius 1 is 1.13 bits per heavy atom. The van der Waals surface area contributed by atoms with Gasteiger partial charge in [0.15, 0.2) is 0 Å². The van der Waals surface area contributed by atoms with E-state index in [0.717, 1.165) is 16.8 Å². The molecule has 0 saturated carbocycles. The van der Waals surface area contributed by atoms with E-state index in [4.69, 9.17) is 4.74 Å². The van der Waals surface area contributed by atoms with Crippen LogP contribution in [-0.4, -0.2) is 17.1 Å². The van der Waals surface area contributed by atoms with E-state index in [1.807, 2.05) is 37.4 Å². The first kappa shape index (κ1) is 9.65. The van der Waals surface area contributed by atoms with Crippen molar-refractivity contribution >= 4 is 0 Å². The monoisotopic (exact) mass is 200 g/mol. The van der Waals surface area contributed by atoms with Crippen LogP contribution in [0.3, 0.4) is 0 Å². The maximum absolute atomic E-state index is 5.06. The summed E-state index contributed by atoms with van der Waals surface area (Å²) in [6.45, 7) is 2.02. The van der Waals surface area contributed by atoms with Gasteiger partial charge in [-0.2, -0.15) is 0 Å². The van der Waals surface area contributed by atoms with Crippen molar-refractivity contribution in [2.24, 2.45) is 0 Å². The predicted molar refractivity (Wildman–Crippen MR) is 58.8 cm³/mol. The van der Waals surface area contributed by atoms with Crippen LogP contribution in [0.1, 0.15) is 5.56 Å². The van der Waals surface area contributed by atoms with Crippen molar-refractivity contribution in [3.05, 3.63) is 42.2 Å². The Bertz CT molecular complexity index is 451. The van der Waals surface area contributed by atoms with E-state index in [1.54, 1.807) is 13.3 Å². The number of rotatable bonds is 2. The van der Waals surface area contributed by atoms with Crippen molar-refractivity contribution in [3.8, 4) is 17.1 Å². The summed E-state index contributed by atoms with van der Waals surface area (Å²) in [5, 5.41) is 0. The van der Waals surface area contributed by atoms with Crippen LogP contribution >= 0.6 is 0 Å². The summed E-state index contributed by atoms with van der Waals surface area (Å²) >= 11 is 0. The Labute approximate surface area is 88.8 Å². The molecule has 0 aliphatic rings. The lowest BCUT2D eigenvalue weighted by Crippen LogP contribution is -1.89. The van der Waals surface area contributed by atoms with Gasteiger partial charge in [-0.05, 0) is 24.6 Å². The van der Waals surface area contributed by atoms with Crippen molar-refractivity contribution < 1.29 is 4.74 Å². The first-order valence-electron chi connectivity index (χ1n) is 4.72. The second kappa shape index (κ2) is 4.09. The highest BCUT2D eigenvalue weighted by Gasteiger charge is 2.00. The summed E-state index contributed by atoms with van der Waals surface area (Å²) in [6, 6.07) is 7.82. The molecule has 0 atom stereocenters. The molecule has 2 aromatic rings. The number of ether oxygens (including phenoxy) is 1. The zero-order valence-electron chi connectivity index (χ0n) is 8.77. The van der Waals surface area contributed by atoms with Gasteiger partial charge in [0.05, 0.1) is 12.8 Å². The first-order valence-corrected chi connectivity index (χ1v) is 4.72. The lowest BCUT2D eigenvalue weighted by Gasteiger charge is -2.03. The molecule has 15 heavy (non-hydrogen) atoms. The molecule has 3 nitrogen and oxygen atoms in total. The van der Waals surface area contributed by atoms with Crippen LogP contribution in [0.2, 0.25) is 0 Å². The summed E-state index contributed by atoms with van der Waals surface area (Å²) in [6.07, 6.45) is 3.57. The summed E-state index contributed by atoms with van der Waals surface area (Å²) in [4.78, 5) is 8.39. The SMILES string of the molecule is COc1cc(-c2ccc(C)cn2)ccn1. The average Bonchev–Trinajstić information content (AvgIpc) is 2.30. The van der Waals surface area contributed by atoms with Gasteiger partial charge in [0, 0.05) is 24.0 Å². The molecule has 3 heteroatoms. The molecule has 0 N–H and O–H groups in total. The van der Waals surface area contributed by atoms with Crippen molar-refractivity contribution in [2.75, 3.05) is 7.11 Å². The first-order chi connectivity index (χ1) is 7.29. The van der Waals surface area contributed by atoms with Gasteiger partial charge in [-0.1, -0.05) is 6.07 Å². The fraction of sp³-hybridized carbons (Fsp3) is 0.167. The minimum Gasteiger partial charge on any atom is -0.481 e. The normalized spacial score (nSPS) is 10.0. The van der Waals surface area contributed by atoms with Crippen LogP contribution in [-0.2, 0) is 0 Å². The summed E-state index contributed by atoms with van der Waals surface area (Å²) in [5.74, 6) is 0.606. The number of aryl methyl sites for hydroxylation is 1. The van der Waals surface area contributed by atoms with Gasteiger partial charge in [0.1, 0.15) is 0 Å². The Balaban J connectivity index is 2.40. The molecule has 2 heterocycles. The fourth-order valence-electron chi connectivity index (χ4n) is 1.32. The molecule has 0 bridgehead atoms. The minimum absolute atomic E-state index is 0.606. The van der Waals surface area contributed by atoms with E-state index in [9.17, 15) is 0 Å². The molecular weight excluding hydrogens is 188 g/mol. The molecule has 2 aromatic heterocycles. The standard InChI is InChI=1S/C12H12N2O/c1-9-3-4-11(14-8-9)10-5-6-13-12(7-10)15-2/h3-8H,1-2H3. The third-order valence-electron chi connectivity index (χ3n) is 2.15. The molecule has 0 fully saturated rings. The van der Waals surface area contributed by atoms with Gasteiger partial charge in [-0.15, -0.1) is 0 Å². The molecule has 0 amide bonds. The average molecular weight is 200 g/mol. The van der Waals surface area contributed by atoms with Crippen LogP contribution in [0.5, 0.6) is 5.88 Å². The van der Waals surface area contributed by atoms with Crippen LogP contribution < -0.4 is 4.74 Å². The molecule has 0 unspecified atom stereocenters. The van der Waals surface area contributed by atoms with E-state index >= 15 is 0 Å². The summed E-state index contributed by atoms with van der Waals surface area (Å²) in [7, 11) is 1.61. The maximum Gasteiger partial charge on any atom is 0.213 e. The van der Waals surface area contributed by atoms with Crippen LogP contribution in [0, 0.1) is 6.92 Å². The van der Waals surface area contributed by atoms with E-state index in [2.05, 4.69) is 9.97 Å². The second-order valence-electron chi connectivity index (χ2n) is 3.31. The van der Waals surface area contributed by atoms with Crippen molar-refractivity contribution in [2.45, 2.75) is 6.92 Å².